The van der Waals surface area contributed by atoms with Crippen molar-refractivity contribution in [1.82, 2.24) is 34.5 Å². The average Bonchev–Trinajstić information content (AvgIpc) is 3.99. The van der Waals surface area contributed by atoms with Crippen LogP contribution in [-0.2, 0) is 27.2 Å². The predicted molar refractivity (Wildman–Crippen MR) is 229 cm³/mol. The van der Waals surface area contributed by atoms with E-state index in [1.165, 1.54) is 0 Å². The average molecular weight is 831 g/mol. The van der Waals surface area contributed by atoms with Crippen molar-refractivity contribution in [3.63, 3.8) is 0 Å². The molecule has 312 valence electrons. The summed E-state index contributed by atoms with van der Waals surface area (Å²) in [4.78, 5) is 93.9. The number of anilines is 3. The molecule has 6 amide bonds. The van der Waals surface area contributed by atoms with Crippen LogP contribution in [0.25, 0.3) is 16.8 Å². The van der Waals surface area contributed by atoms with Crippen LogP contribution in [0.2, 0.25) is 0 Å². The van der Waals surface area contributed by atoms with Crippen LogP contribution >= 0.6 is 0 Å². The number of nitrogens with one attached hydrogen (secondary N) is 3. The van der Waals surface area contributed by atoms with Crippen LogP contribution in [0.5, 0.6) is 0 Å². The largest absolute Gasteiger partial charge is 0.384 e. The molecule has 3 aromatic carbocycles. The van der Waals surface area contributed by atoms with Gasteiger partial charge in [-0.05, 0) is 79.6 Å². The first-order chi connectivity index (χ1) is 30.1. The lowest BCUT2D eigenvalue weighted by molar-refractivity contribution is -0.136. The Morgan fingerprint density at radius 3 is 2.37 bits per heavy atom. The van der Waals surface area contributed by atoms with E-state index in [1.807, 2.05) is 51.9 Å². The standard InChI is InChI=1S/C46H42N10O6/c47-41-40-39(29-14-16-30(17-15-29)43(59)51-35-8-1-2-22-49-35)53-42(55(40)26-24-50-41)33-7-4-25-54(33)37(58)20-13-27-9-11-28(12-10-27)21-23-48-32-6-3-5-31-38(32)46(62)56(45(31)61)34-18-19-36(57)52-44(34)60/h1-3,5-6,8-12,14-17,22,24,26,33-34,48H,4,7,13,18-21,23,25H2,(H2,47,50)(H,49,51,59)(H,52,57,60)/t33-,34?/m0/s1. The van der Waals surface area contributed by atoms with Gasteiger partial charge in [0.05, 0.1) is 17.2 Å². The van der Waals surface area contributed by atoms with Crippen LogP contribution in [0.3, 0.4) is 0 Å². The Morgan fingerprint density at radius 2 is 1.61 bits per heavy atom. The second-order valence-electron chi connectivity index (χ2n) is 15.5. The fourth-order valence-corrected chi connectivity index (χ4v) is 8.53. The number of piperidine rings is 1. The topological polar surface area (TPSA) is 214 Å². The second kappa shape index (κ2) is 16.7. The number of amides is 6. The molecule has 62 heavy (non-hydrogen) atoms. The second-order valence-corrected chi connectivity index (χ2v) is 15.5. The van der Waals surface area contributed by atoms with Crippen LogP contribution in [-0.4, -0.2) is 83.7 Å². The van der Waals surface area contributed by atoms with Gasteiger partial charge in [0, 0.05) is 61.3 Å². The molecule has 5 N–H and O–H groups in total. The highest BCUT2D eigenvalue weighted by Crippen LogP contribution is 2.37. The molecule has 16 heteroatoms. The summed E-state index contributed by atoms with van der Waals surface area (Å²) in [6, 6.07) is 24.2. The smallest absolute Gasteiger partial charge is 0.264 e. The minimum Gasteiger partial charge on any atom is -0.384 e. The van der Waals surface area contributed by atoms with Gasteiger partial charge in [-0.2, -0.15) is 0 Å². The van der Waals surface area contributed by atoms with Gasteiger partial charge in [0.25, 0.3) is 17.7 Å². The fourth-order valence-electron chi connectivity index (χ4n) is 8.53. The third-order valence-electron chi connectivity index (χ3n) is 11.7. The van der Waals surface area contributed by atoms with E-state index in [4.69, 9.17) is 10.7 Å². The van der Waals surface area contributed by atoms with Crippen molar-refractivity contribution in [2.75, 3.05) is 29.5 Å². The van der Waals surface area contributed by atoms with Gasteiger partial charge >= 0.3 is 0 Å². The molecule has 0 saturated carbocycles. The van der Waals surface area contributed by atoms with E-state index < -0.39 is 29.7 Å². The molecule has 6 heterocycles. The summed E-state index contributed by atoms with van der Waals surface area (Å²) >= 11 is 0. The summed E-state index contributed by atoms with van der Waals surface area (Å²) in [5, 5.41) is 8.31. The Labute approximate surface area is 355 Å². The molecule has 2 saturated heterocycles. The first kappa shape index (κ1) is 39.7. The van der Waals surface area contributed by atoms with Gasteiger partial charge < -0.3 is 21.3 Å². The van der Waals surface area contributed by atoms with Gasteiger partial charge in [0.2, 0.25) is 17.7 Å². The maximum absolute atomic E-state index is 13.8. The normalized spacial score (nSPS) is 17.4. The Bertz CT molecular complexity index is 2750. The molecular formula is C46H42N10O6. The number of imide groups is 2. The molecule has 0 spiro atoms. The lowest BCUT2D eigenvalue weighted by Crippen LogP contribution is -2.54. The quantitative estimate of drug-likeness (QED) is 0.121. The summed E-state index contributed by atoms with van der Waals surface area (Å²) in [5.74, 6) is -0.962. The number of likely N-dealkylation sites (tertiary alicyclic amines) is 1. The van der Waals surface area contributed by atoms with Crippen molar-refractivity contribution < 1.29 is 28.8 Å². The summed E-state index contributed by atoms with van der Waals surface area (Å²) < 4.78 is 1.92. The van der Waals surface area contributed by atoms with Crippen LogP contribution < -0.4 is 21.7 Å². The molecule has 2 atom stereocenters. The van der Waals surface area contributed by atoms with Crippen molar-refractivity contribution in [2.45, 2.75) is 57.0 Å². The van der Waals surface area contributed by atoms with Gasteiger partial charge in [0.1, 0.15) is 34.7 Å². The number of aromatic nitrogens is 4. The number of hydrogen-bond donors (Lipinski definition) is 4. The number of fused-ring (bicyclic) bond motifs is 2. The minimum atomic E-state index is -1.03. The Morgan fingerprint density at radius 1 is 0.823 bits per heavy atom. The number of rotatable bonds is 12. The number of carbonyl (C=O) groups excluding carboxylic acids is 6. The van der Waals surface area contributed by atoms with Crippen molar-refractivity contribution >= 4 is 58.3 Å². The molecule has 3 aromatic heterocycles. The van der Waals surface area contributed by atoms with Crippen molar-refractivity contribution in [3.05, 3.63) is 137 Å². The third-order valence-corrected chi connectivity index (χ3v) is 11.7. The van der Waals surface area contributed by atoms with E-state index in [1.54, 1.807) is 60.9 Å². The summed E-state index contributed by atoms with van der Waals surface area (Å²) in [6.07, 6.45) is 8.28. The van der Waals surface area contributed by atoms with E-state index in [0.29, 0.717) is 72.3 Å². The molecule has 3 aliphatic heterocycles. The van der Waals surface area contributed by atoms with Crippen molar-refractivity contribution in [3.8, 4) is 11.3 Å². The number of carbonyl (C=O) groups is 6. The number of pyridine rings is 1. The van der Waals surface area contributed by atoms with E-state index >= 15 is 0 Å². The zero-order chi connectivity index (χ0) is 42.9. The molecule has 3 aliphatic rings. The van der Waals surface area contributed by atoms with Gasteiger partial charge in [-0.15, -0.1) is 0 Å². The molecule has 0 aliphatic carbocycles. The van der Waals surface area contributed by atoms with Gasteiger partial charge in [0.15, 0.2) is 0 Å². The zero-order valence-corrected chi connectivity index (χ0v) is 33.5. The molecule has 0 radical (unpaired) electrons. The number of nitrogen functional groups attached to an aromatic ring is 1. The Kier molecular flexibility index (Phi) is 10.7. The summed E-state index contributed by atoms with van der Waals surface area (Å²) in [5.41, 5.74) is 11.9. The lowest BCUT2D eigenvalue weighted by atomic mass is 10.0. The minimum absolute atomic E-state index is 0.0315. The third kappa shape index (κ3) is 7.61. The molecule has 0 bridgehead atoms. The number of imidazole rings is 1. The number of nitrogens with two attached hydrogens (primary N) is 1. The molecule has 16 nitrogen and oxygen atoms in total. The van der Waals surface area contributed by atoms with E-state index in [9.17, 15) is 28.8 Å². The molecule has 1 unspecified atom stereocenters. The number of nitrogens with zero attached hydrogens (tertiary/aromatic N) is 6. The maximum atomic E-state index is 13.8. The highest BCUT2D eigenvalue weighted by molar-refractivity contribution is 6.25. The van der Waals surface area contributed by atoms with Crippen LogP contribution in [0.15, 0.2) is 104 Å². The number of hydrogen-bond acceptors (Lipinski definition) is 11. The fraction of sp³-hybridized carbons (Fsp3) is 0.239. The highest BCUT2D eigenvalue weighted by atomic mass is 16.2. The number of aryl methyl sites for hydroxylation is 1. The van der Waals surface area contributed by atoms with Gasteiger partial charge in [-0.1, -0.05) is 48.5 Å². The first-order valence-electron chi connectivity index (χ1n) is 20.6. The van der Waals surface area contributed by atoms with Crippen molar-refractivity contribution in [2.24, 2.45) is 0 Å². The predicted octanol–water partition coefficient (Wildman–Crippen LogP) is 4.98. The van der Waals surface area contributed by atoms with Crippen LogP contribution in [0.1, 0.15) is 86.2 Å². The molecular weight excluding hydrogens is 789 g/mol. The zero-order valence-electron chi connectivity index (χ0n) is 33.5. The van der Waals surface area contributed by atoms with E-state index in [0.717, 1.165) is 34.4 Å². The Hall–Kier alpha value is -7.75. The summed E-state index contributed by atoms with van der Waals surface area (Å²) in [6.45, 7) is 1.09. The monoisotopic (exact) mass is 830 g/mol. The van der Waals surface area contributed by atoms with E-state index in [-0.39, 0.29) is 41.8 Å². The first-order valence-corrected chi connectivity index (χ1v) is 20.6. The van der Waals surface area contributed by atoms with E-state index in [2.05, 4.69) is 25.9 Å². The van der Waals surface area contributed by atoms with Crippen LogP contribution in [0, 0.1) is 0 Å². The van der Waals surface area contributed by atoms with Gasteiger partial charge in [-0.3, -0.25) is 43.4 Å². The Balaban J connectivity index is 0.820. The lowest BCUT2D eigenvalue weighted by Gasteiger charge is -2.27. The van der Waals surface area contributed by atoms with Crippen molar-refractivity contribution in [1.29, 1.82) is 0 Å². The molecule has 2 fully saturated rings. The molecule has 9 rings (SSSR count). The summed E-state index contributed by atoms with van der Waals surface area (Å²) in [7, 11) is 0. The SMILES string of the molecule is Nc1nccn2c([C@@H]3CCCN3C(=O)CCc3ccc(CCNc4cccc5c4C(=O)N(C4CCC(=O)NC4=O)C5=O)cc3)nc(-c3ccc(C(=O)Nc4ccccn4)cc3)c12. The highest BCUT2D eigenvalue weighted by Gasteiger charge is 2.45. The number of benzene rings is 3. The maximum Gasteiger partial charge on any atom is 0.264 e. The van der Waals surface area contributed by atoms with Gasteiger partial charge in [-0.25, -0.2) is 15.0 Å². The molecule has 6 aromatic rings. The van der Waals surface area contributed by atoms with Crippen LogP contribution in [0.4, 0.5) is 17.3 Å².